The molecule has 0 saturated heterocycles. The van der Waals surface area contributed by atoms with Crippen LogP contribution in [0.15, 0.2) is 18.2 Å². The molecule has 0 amide bonds. The first-order valence-electron chi connectivity index (χ1n) is 6.99. The van der Waals surface area contributed by atoms with Crippen molar-refractivity contribution in [3.05, 3.63) is 46.3 Å². The van der Waals surface area contributed by atoms with Crippen LogP contribution in [0.25, 0.3) is 0 Å². The van der Waals surface area contributed by atoms with Gasteiger partial charge >= 0.3 is 0 Å². The highest BCUT2D eigenvalue weighted by molar-refractivity contribution is 7.80. The van der Waals surface area contributed by atoms with E-state index in [0.717, 1.165) is 40.4 Å². The van der Waals surface area contributed by atoms with E-state index in [-0.39, 0.29) is 0 Å². The average molecular weight is 303 g/mol. The fraction of sp³-hybridized carbons (Fsp3) is 0.375. The summed E-state index contributed by atoms with van der Waals surface area (Å²) in [7, 11) is 0. The van der Waals surface area contributed by atoms with Crippen molar-refractivity contribution in [2.45, 2.75) is 40.8 Å². The first-order valence-corrected chi connectivity index (χ1v) is 7.40. The zero-order valence-electron chi connectivity index (χ0n) is 12.9. The fourth-order valence-corrected chi connectivity index (χ4v) is 2.57. The molecule has 0 spiro atoms. The van der Waals surface area contributed by atoms with Gasteiger partial charge in [0.25, 0.3) is 0 Å². The van der Waals surface area contributed by atoms with Crippen LogP contribution in [0.2, 0.25) is 0 Å². The summed E-state index contributed by atoms with van der Waals surface area (Å²) in [6.45, 7) is 9.42. The Kier molecular flexibility index (Phi) is 4.63. The number of benzene rings is 1. The Morgan fingerprint density at radius 2 is 1.86 bits per heavy atom. The summed E-state index contributed by atoms with van der Waals surface area (Å²) < 4.78 is 7.96. The molecule has 0 aliphatic rings. The normalized spacial score (nSPS) is 10.7. The van der Waals surface area contributed by atoms with Crippen LogP contribution in [0, 0.1) is 20.8 Å². The third-order valence-electron chi connectivity index (χ3n) is 3.39. The number of aryl methyl sites for hydroxylation is 4. The summed E-state index contributed by atoms with van der Waals surface area (Å²) in [5.74, 6) is 0.886. The molecule has 0 aliphatic heterocycles. The molecule has 0 unspecified atom stereocenters. The van der Waals surface area contributed by atoms with Gasteiger partial charge < -0.3 is 10.5 Å². The van der Waals surface area contributed by atoms with Crippen LogP contribution >= 0.6 is 12.2 Å². The number of thiocarbonyl (C=S) groups is 1. The second-order valence-electron chi connectivity index (χ2n) is 5.18. The van der Waals surface area contributed by atoms with Crippen molar-refractivity contribution in [1.82, 2.24) is 9.78 Å². The molecule has 2 rings (SSSR count). The zero-order valence-corrected chi connectivity index (χ0v) is 13.8. The van der Waals surface area contributed by atoms with E-state index in [9.17, 15) is 0 Å². The Bertz CT molecular complexity index is 653. The third-order valence-corrected chi connectivity index (χ3v) is 3.63. The predicted molar refractivity (Wildman–Crippen MR) is 88.8 cm³/mol. The van der Waals surface area contributed by atoms with Gasteiger partial charge in [-0.3, -0.25) is 4.68 Å². The number of hydrogen-bond acceptors (Lipinski definition) is 3. The lowest BCUT2D eigenvalue weighted by molar-refractivity contribution is 0.288. The summed E-state index contributed by atoms with van der Waals surface area (Å²) in [6.07, 6.45) is 0. The summed E-state index contributed by atoms with van der Waals surface area (Å²) in [5, 5.41) is 4.43. The average Bonchev–Trinajstić information content (AvgIpc) is 2.77. The maximum atomic E-state index is 6.00. The van der Waals surface area contributed by atoms with E-state index in [1.165, 1.54) is 0 Å². The van der Waals surface area contributed by atoms with Gasteiger partial charge in [0, 0.05) is 12.1 Å². The molecular formula is C16H21N3OS. The standard InChI is InChI=1S/C16H21N3OS/c1-5-19-14(8-12(4)18-19)9-20-15-10(2)6-13(16(17)21)7-11(15)3/h6-8H,5,9H2,1-4H3,(H2,17,21). The molecule has 5 heteroatoms. The van der Waals surface area contributed by atoms with Crippen LogP contribution in [0.5, 0.6) is 5.75 Å². The van der Waals surface area contributed by atoms with Crippen LogP contribution in [-0.4, -0.2) is 14.8 Å². The molecule has 1 aromatic heterocycles. The van der Waals surface area contributed by atoms with Crippen LogP contribution in [0.4, 0.5) is 0 Å². The maximum Gasteiger partial charge on any atom is 0.130 e. The molecule has 0 atom stereocenters. The fourth-order valence-electron chi connectivity index (χ4n) is 2.46. The van der Waals surface area contributed by atoms with E-state index in [1.807, 2.05) is 37.6 Å². The predicted octanol–water partition coefficient (Wildman–Crippen LogP) is 3.04. The Morgan fingerprint density at radius 3 is 2.38 bits per heavy atom. The van der Waals surface area contributed by atoms with Crippen LogP contribution in [0.3, 0.4) is 0 Å². The van der Waals surface area contributed by atoms with Crippen molar-refractivity contribution in [3.63, 3.8) is 0 Å². The lowest BCUT2D eigenvalue weighted by Gasteiger charge is -2.14. The second kappa shape index (κ2) is 6.26. The highest BCUT2D eigenvalue weighted by Crippen LogP contribution is 2.26. The van der Waals surface area contributed by atoms with Crippen molar-refractivity contribution < 1.29 is 4.74 Å². The SMILES string of the molecule is CCn1nc(C)cc1COc1c(C)cc(C(N)=S)cc1C. The van der Waals surface area contributed by atoms with E-state index < -0.39 is 0 Å². The van der Waals surface area contributed by atoms with Gasteiger partial charge in [-0.15, -0.1) is 0 Å². The number of ether oxygens (including phenoxy) is 1. The zero-order chi connectivity index (χ0) is 15.6. The van der Waals surface area contributed by atoms with Crippen molar-refractivity contribution in [3.8, 4) is 5.75 Å². The topological polar surface area (TPSA) is 53.1 Å². The first-order chi connectivity index (χ1) is 9.92. The Labute approximate surface area is 130 Å². The minimum Gasteiger partial charge on any atom is -0.487 e. The van der Waals surface area contributed by atoms with Gasteiger partial charge in [0.05, 0.1) is 11.4 Å². The van der Waals surface area contributed by atoms with Crippen molar-refractivity contribution in [2.24, 2.45) is 5.73 Å². The van der Waals surface area contributed by atoms with E-state index in [0.29, 0.717) is 11.6 Å². The molecule has 112 valence electrons. The van der Waals surface area contributed by atoms with Gasteiger partial charge in [-0.05, 0) is 57.0 Å². The van der Waals surface area contributed by atoms with Crippen molar-refractivity contribution in [1.29, 1.82) is 0 Å². The summed E-state index contributed by atoms with van der Waals surface area (Å²) in [4.78, 5) is 0.410. The maximum absolute atomic E-state index is 6.00. The lowest BCUT2D eigenvalue weighted by atomic mass is 10.1. The van der Waals surface area contributed by atoms with Crippen molar-refractivity contribution >= 4 is 17.2 Å². The molecule has 4 nitrogen and oxygen atoms in total. The molecular weight excluding hydrogens is 282 g/mol. The van der Waals surface area contributed by atoms with Gasteiger partial charge in [0.1, 0.15) is 17.3 Å². The second-order valence-corrected chi connectivity index (χ2v) is 5.62. The number of aromatic nitrogens is 2. The van der Waals surface area contributed by atoms with Gasteiger partial charge in [-0.2, -0.15) is 5.10 Å². The van der Waals surface area contributed by atoms with Gasteiger partial charge in [0.2, 0.25) is 0 Å². The van der Waals surface area contributed by atoms with Gasteiger partial charge in [-0.25, -0.2) is 0 Å². The minimum absolute atomic E-state index is 0.410. The number of hydrogen-bond donors (Lipinski definition) is 1. The molecule has 0 radical (unpaired) electrons. The molecule has 1 aromatic carbocycles. The minimum atomic E-state index is 0.410. The van der Waals surface area contributed by atoms with E-state index in [1.54, 1.807) is 0 Å². The number of nitrogens with zero attached hydrogens (tertiary/aromatic N) is 2. The Hall–Kier alpha value is -1.88. The van der Waals surface area contributed by atoms with E-state index in [4.69, 9.17) is 22.7 Å². The molecule has 0 fully saturated rings. The molecule has 2 aromatic rings. The summed E-state index contributed by atoms with van der Waals surface area (Å²) in [5.41, 5.74) is 10.7. The highest BCUT2D eigenvalue weighted by Gasteiger charge is 2.10. The third kappa shape index (κ3) is 3.42. The molecule has 0 bridgehead atoms. The van der Waals surface area contributed by atoms with Crippen LogP contribution < -0.4 is 10.5 Å². The lowest BCUT2D eigenvalue weighted by Crippen LogP contribution is -2.11. The Morgan fingerprint density at radius 1 is 1.24 bits per heavy atom. The molecule has 21 heavy (non-hydrogen) atoms. The quantitative estimate of drug-likeness (QED) is 0.863. The number of nitrogens with two attached hydrogens (primary N) is 1. The van der Waals surface area contributed by atoms with E-state index in [2.05, 4.69) is 18.1 Å². The van der Waals surface area contributed by atoms with Gasteiger partial charge in [0.15, 0.2) is 0 Å². The molecule has 1 heterocycles. The monoisotopic (exact) mass is 303 g/mol. The Balaban J connectivity index is 2.22. The van der Waals surface area contributed by atoms with Gasteiger partial charge in [-0.1, -0.05) is 12.2 Å². The largest absolute Gasteiger partial charge is 0.487 e. The number of rotatable bonds is 5. The molecule has 2 N–H and O–H groups in total. The molecule has 0 saturated carbocycles. The highest BCUT2D eigenvalue weighted by atomic mass is 32.1. The molecule has 0 aliphatic carbocycles. The smallest absolute Gasteiger partial charge is 0.130 e. The first kappa shape index (κ1) is 15.5. The summed E-state index contributed by atoms with van der Waals surface area (Å²) >= 11 is 5.03. The van der Waals surface area contributed by atoms with Crippen LogP contribution in [0.1, 0.15) is 35.0 Å². The van der Waals surface area contributed by atoms with E-state index >= 15 is 0 Å². The summed E-state index contributed by atoms with van der Waals surface area (Å²) in [6, 6.07) is 5.98. The van der Waals surface area contributed by atoms with Crippen molar-refractivity contribution in [2.75, 3.05) is 0 Å². The van der Waals surface area contributed by atoms with Crippen LogP contribution in [-0.2, 0) is 13.2 Å².